The largest absolute Gasteiger partial charge is 0.495 e. The van der Waals surface area contributed by atoms with E-state index < -0.39 is 10.0 Å². The van der Waals surface area contributed by atoms with E-state index in [4.69, 9.17) is 14.2 Å². The molecule has 0 saturated heterocycles. The number of hydrogen-bond acceptors (Lipinski definition) is 6. The molecule has 0 aliphatic heterocycles. The first-order valence-electron chi connectivity index (χ1n) is 9.26. The van der Waals surface area contributed by atoms with Gasteiger partial charge in [0.05, 0.1) is 38.4 Å². The van der Waals surface area contributed by atoms with E-state index in [2.05, 4.69) is 4.72 Å². The van der Waals surface area contributed by atoms with Crippen molar-refractivity contribution < 1.29 is 27.4 Å². The Morgan fingerprint density at radius 2 is 1.85 bits per heavy atom. The van der Waals surface area contributed by atoms with E-state index in [1.165, 1.54) is 13.5 Å². The molecular weight excluding hydrogens is 370 g/mol. The molecule has 0 bridgehead atoms. The molecule has 1 N–H and O–H groups in total. The average molecular weight is 400 g/mol. The molecule has 0 spiro atoms. The molecule has 0 amide bonds. The first-order valence-corrected chi connectivity index (χ1v) is 10.9. The van der Waals surface area contributed by atoms with Crippen molar-refractivity contribution in [2.75, 3.05) is 44.5 Å². The lowest BCUT2D eigenvalue weighted by Gasteiger charge is -2.21. The Balaban J connectivity index is 2.06. The van der Waals surface area contributed by atoms with Crippen LogP contribution in [0.5, 0.6) is 5.75 Å². The number of benzene rings is 1. The predicted molar refractivity (Wildman–Crippen MR) is 104 cm³/mol. The highest BCUT2D eigenvalue weighted by atomic mass is 32.2. The Bertz CT molecular complexity index is 713. The van der Waals surface area contributed by atoms with Crippen LogP contribution in [0.4, 0.5) is 5.69 Å². The fourth-order valence-electron chi connectivity index (χ4n) is 3.17. The van der Waals surface area contributed by atoms with Gasteiger partial charge in [0.15, 0.2) is 5.78 Å². The number of rotatable bonds is 11. The number of sulfonamides is 1. The van der Waals surface area contributed by atoms with Crippen LogP contribution in [-0.4, -0.2) is 54.0 Å². The van der Waals surface area contributed by atoms with Crippen molar-refractivity contribution in [1.29, 1.82) is 0 Å². The Kier molecular flexibility index (Phi) is 8.53. The summed E-state index contributed by atoms with van der Waals surface area (Å²) in [4.78, 5) is 12.7. The summed E-state index contributed by atoms with van der Waals surface area (Å²) in [7, 11) is -0.616. The number of ether oxygens (including phenoxy) is 3. The number of ketones is 1. The van der Waals surface area contributed by atoms with Crippen molar-refractivity contribution in [3.05, 3.63) is 23.8 Å². The summed E-state index contributed by atoms with van der Waals surface area (Å²) in [5.41, 5.74) is 0.785. The van der Waals surface area contributed by atoms with Gasteiger partial charge in [-0.15, -0.1) is 0 Å². The number of carbonyl (C=O) groups excluding carboxylic acids is 1. The lowest BCUT2D eigenvalue weighted by molar-refractivity contribution is 0.0785. The van der Waals surface area contributed by atoms with Crippen LogP contribution in [0.15, 0.2) is 18.2 Å². The van der Waals surface area contributed by atoms with E-state index in [-0.39, 0.29) is 29.7 Å². The van der Waals surface area contributed by atoms with E-state index in [1.807, 2.05) is 0 Å². The van der Waals surface area contributed by atoms with E-state index >= 15 is 0 Å². The van der Waals surface area contributed by atoms with Crippen LogP contribution in [0.1, 0.15) is 42.5 Å². The Hall–Kier alpha value is -1.64. The molecule has 8 heteroatoms. The third kappa shape index (κ3) is 6.79. The van der Waals surface area contributed by atoms with Gasteiger partial charge >= 0.3 is 0 Å². The molecule has 0 atom stereocenters. The summed E-state index contributed by atoms with van der Waals surface area (Å²) >= 11 is 0. The van der Waals surface area contributed by atoms with Crippen LogP contribution in [0, 0.1) is 5.92 Å². The zero-order valence-electron chi connectivity index (χ0n) is 16.0. The van der Waals surface area contributed by atoms with Crippen LogP contribution < -0.4 is 9.46 Å². The molecule has 0 heterocycles. The normalized spacial score (nSPS) is 15.5. The molecule has 0 aromatic heterocycles. The van der Waals surface area contributed by atoms with Crippen molar-refractivity contribution in [3.8, 4) is 5.75 Å². The highest BCUT2D eigenvalue weighted by Gasteiger charge is 2.24. The van der Waals surface area contributed by atoms with Crippen LogP contribution in [0.2, 0.25) is 0 Å². The summed E-state index contributed by atoms with van der Waals surface area (Å²) in [6.45, 7) is 0.801. The van der Waals surface area contributed by atoms with E-state index in [0.29, 0.717) is 24.5 Å². The number of hydrogen-bond donors (Lipinski definition) is 1. The average Bonchev–Trinajstić information content (AvgIpc) is 2.67. The van der Waals surface area contributed by atoms with Gasteiger partial charge in [-0.1, -0.05) is 19.3 Å². The van der Waals surface area contributed by atoms with E-state index in [0.717, 1.165) is 25.7 Å². The van der Waals surface area contributed by atoms with Crippen molar-refractivity contribution in [3.63, 3.8) is 0 Å². The van der Waals surface area contributed by atoms with Gasteiger partial charge in [-0.25, -0.2) is 8.42 Å². The van der Waals surface area contributed by atoms with Crippen molar-refractivity contribution >= 4 is 21.5 Å². The Morgan fingerprint density at radius 1 is 1.11 bits per heavy atom. The van der Waals surface area contributed by atoms with Crippen molar-refractivity contribution in [2.24, 2.45) is 5.92 Å². The molecule has 0 radical (unpaired) electrons. The van der Waals surface area contributed by atoms with Crippen LogP contribution in [0.25, 0.3) is 0 Å². The Labute approximate surface area is 161 Å². The first kappa shape index (κ1) is 21.7. The molecule has 1 aliphatic rings. The molecule has 7 nitrogen and oxygen atoms in total. The minimum atomic E-state index is -3.63. The zero-order valence-corrected chi connectivity index (χ0v) is 16.8. The summed E-state index contributed by atoms with van der Waals surface area (Å²) in [5, 5.41) is 0. The fourth-order valence-corrected chi connectivity index (χ4v) is 4.11. The van der Waals surface area contributed by atoms with Crippen molar-refractivity contribution in [2.45, 2.75) is 32.1 Å². The van der Waals surface area contributed by atoms with Gasteiger partial charge in [0.25, 0.3) is 0 Å². The summed E-state index contributed by atoms with van der Waals surface area (Å²) in [6, 6.07) is 4.89. The lowest BCUT2D eigenvalue weighted by atomic mass is 9.84. The van der Waals surface area contributed by atoms with Gasteiger partial charge in [0.2, 0.25) is 10.0 Å². The van der Waals surface area contributed by atoms with Gasteiger partial charge < -0.3 is 14.2 Å². The second-order valence-corrected chi connectivity index (χ2v) is 8.48. The molecule has 2 rings (SSSR count). The SMILES string of the molecule is COCCOCCS(=O)(=O)Nc1cc(C(=O)C2CCCCC2)ccc1OC. The van der Waals surface area contributed by atoms with E-state index in [9.17, 15) is 13.2 Å². The van der Waals surface area contributed by atoms with Gasteiger partial charge in [-0.05, 0) is 31.0 Å². The van der Waals surface area contributed by atoms with E-state index in [1.54, 1.807) is 25.3 Å². The standard InChI is InChI=1S/C19H29NO6S/c1-24-10-11-26-12-13-27(22,23)20-17-14-16(8-9-18(17)25-2)19(21)15-6-4-3-5-7-15/h8-9,14-15,20H,3-7,10-13H2,1-2H3. The molecular formula is C19H29NO6S. The minimum absolute atomic E-state index is 0.0192. The molecule has 27 heavy (non-hydrogen) atoms. The second kappa shape index (κ2) is 10.6. The van der Waals surface area contributed by atoms with Crippen LogP contribution in [-0.2, 0) is 19.5 Å². The number of Topliss-reactive ketones (excluding diaryl/α,β-unsaturated/α-hetero) is 1. The molecule has 152 valence electrons. The zero-order chi connectivity index (χ0) is 19.7. The highest BCUT2D eigenvalue weighted by molar-refractivity contribution is 7.92. The smallest absolute Gasteiger partial charge is 0.235 e. The third-order valence-corrected chi connectivity index (χ3v) is 5.89. The number of nitrogens with one attached hydrogen (secondary N) is 1. The highest BCUT2D eigenvalue weighted by Crippen LogP contribution is 2.31. The molecule has 1 aromatic carbocycles. The summed E-state index contributed by atoms with van der Waals surface area (Å²) in [6.07, 6.45) is 5.09. The maximum absolute atomic E-state index is 12.7. The van der Waals surface area contributed by atoms with Gasteiger partial charge in [-0.3, -0.25) is 9.52 Å². The predicted octanol–water partition coefficient (Wildman–Crippen LogP) is 2.86. The lowest BCUT2D eigenvalue weighted by Crippen LogP contribution is -2.22. The molecule has 1 aromatic rings. The monoisotopic (exact) mass is 399 g/mol. The van der Waals surface area contributed by atoms with Crippen LogP contribution in [0.3, 0.4) is 0 Å². The maximum atomic E-state index is 12.7. The summed E-state index contributed by atoms with van der Waals surface area (Å²) < 4.78 is 42.5. The fraction of sp³-hybridized carbons (Fsp3) is 0.632. The van der Waals surface area contributed by atoms with Gasteiger partial charge in [-0.2, -0.15) is 0 Å². The number of anilines is 1. The maximum Gasteiger partial charge on any atom is 0.235 e. The number of carbonyl (C=O) groups is 1. The Morgan fingerprint density at radius 3 is 2.52 bits per heavy atom. The van der Waals surface area contributed by atoms with Gasteiger partial charge in [0.1, 0.15) is 5.75 Å². The molecule has 1 saturated carbocycles. The molecule has 0 unspecified atom stereocenters. The third-order valence-electron chi connectivity index (χ3n) is 4.65. The quantitative estimate of drug-likeness (QED) is 0.454. The second-order valence-electron chi connectivity index (χ2n) is 6.64. The minimum Gasteiger partial charge on any atom is -0.495 e. The topological polar surface area (TPSA) is 90.9 Å². The van der Waals surface area contributed by atoms with Crippen molar-refractivity contribution in [1.82, 2.24) is 0 Å². The first-order chi connectivity index (χ1) is 13.0. The van der Waals surface area contributed by atoms with Crippen LogP contribution >= 0.6 is 0 Å². The summed E-state index contributed by atoms with van der Waals surface area (Å²) in [5.74, 6) is 0.270. The van der Waals surface area contributed by atoms with Gasteiger partial charge in [0, 0.05) is 18.6 Å². The molecule has 1 aliphatic carbocycles. The molecule has 1 fully saturated rings. The number of methoxy groups -OCH3 is 2.